The normalized spacial score (nSPS) is 10.7. The van der Waals surface area contributed by atoms with Crippen molar-refractivity contribution in [2.24, 2.45) is 0 Å². The maximum atomic E-state index is 10.8. The van der Waals surface area contributed by atoms with Gasteiger partial charge in [-0.2, -0.15) is 0 Å². The van der Waals surface area contributed by atoms with Gasteiger partial charge in [-0.25, -0.2) is 0 Å². The van der Waals surface area contributed by atoms with Crippen molar-refractivity contribution < 1.29 is 4.79 Å². The average molecular weight is 316 g/mol. The van der Waals surface area contributed by atoms with Crippen LogP contribution in [-0.2, 0) is 6.42 Å². The van der Waals surface area contributed by atoms with Gasteiger partial charge >= 0.3 is 0 Å². The van der Waals surface area contributed by atoms with E-state index in [1.165, 1.54) is 14.5 Å². The van der Waals surface area contributed by atoms with Crippen LogP contribution < -0.4 is 0 Å². The van der Waals surface area contributed by atoms with Gasteiger partial charge in [0.1, 0.15) is 0 Å². The molecular weight excluding hydrogens is 307 g/mol. The maximum Gasteiger partial charge on any atom is 0.151 e. The zero-order valence-corrected chi connectivity index (χ0v) is 10.7. The smallest absolute Gasteiger partial charge is 0.151 e. The topological polar surface area (TPSA) is 17.1 Å². The molecule has 1 aromatic heterocycles. The molecule has 0 atom stereocenters. The number of fused-ring (bicyclic) bond motifs is 1. The first-order chi connectivity index (χ1) is 6.77. The highest BCUT2D eigenvalue weighted by Gasteiger charge is 2.09. The molecule has 1 aromatic carbocycles. The molecular formula is C11H9IOS. The molecule has 0 unspecified atom stereocenters. The Morgan fingerprint density at radius 2 is 2.29 bits per heavy atom. The van der Waals surface area contributed by atoms with Gasteiger partial charge in [-0.15, -0.1) is 11.3 Å². The molecule has 14 heavy (non-hydrogen) atoms. The van der Waals surface area contributed by atoms with E-state index in [9.17, 15) is 4.79 Å². The van der Waals surface area contributed by atoms with Crippen LogP contribution in [0.3, 0.4) is 0 Å². The van der Waals surface area contributed by atoms with Crippen LogP contribution in [0.4, 0.5) is 0 Å². The summed E-state index contributed by atoms with van der Waals surface area (Å²) in [4.78, 5) is 10.8. The fourth-order valence-electron chi connectivity index (χ4n) is 1.59. The average Bonchev–Trinajstić information content (AvgIpc) is 2.60. The first-order valence-corrected chi connectivity index (χ1v) is 6.37. The quantitative estimate of drug-likeness (QED) is 0.607. The summed E-state index contributed by atoms with van der Waals surface area (Å²) in [5, 5.41) is 3.37. The Morgan fingerprint density at radius 3 is 2.93 bits per heavy atom. The fraction of sp³-hybridized carbons (Fsp3) is 0.182. The Hall–Kier alpha value is -0.420. The van der Waals surface area contributed by atoms with Crippen LogP contribution in [0, 0.1) is 3.57 Å². The summed E-state index contributed by atoms with van der Waals surface area (Å²) in [6.45, 7) is 2.14. The monoisotopic (exact) mass is 316 g/mol. The van der Waals surface area contributed by atoms with E-state index in [0.717, 1.165) is 23.0 Å². The third-order valence-corrected chi connectivity index (χ3v) is 4.60. The van der Waals surface area contributed by atoms with Crippen LogP contribution in [0.1, 0.15) is 22.8 Å². The Balaban J connectivity index is 2.87. The Morgan fingerprint density at radius 1 is 1.50 bits per heavy atom. The number of aldehydes is 1. The summed E-state index contributed by atoms with van der Waals surface area (Å²) < 4.78 is 2.38. The molecule has 0 aliphatic rings. The van der Waals surface area contributed by atoms with Crippen molar-refractivity contribution in [3.05, 3.63) is 32.2 Å². The molecule has 2 aromatic rings. The summed E-state index contributed by atoms with van der Waals surface area (Å²) in [7, 11) is 0. The summed E-state index contributed by atoms with van der Waals surface area (Å²) in [5.74, 6) is 0. The van der Waals surface area contributed by atoms with Crippen molar-refractivity contribution in [3.63, 3.8) is 0 Å². The predicted molar refractivity (Wildman–Crippen MR) is 69.3 cm³/mol. The lowest BCUT2D eigenvalue weighted by Gasteiger charge is -2.02. The van der Waals surface area contributed by atoms with Gasteiger partial charge in [-0.1, -0.05) is 13.0 Å². The van der Waals surface area contributed by atoms with Crippen molar-refractivity contribution in [1.82, 2.24) is 0 Å². The minimum absolute atomic E-state index is 0.810. The van der Waals surface area contributed by atoms with Crippen LogP contribution in [0.5, 0.6) is 0 Å². The molecule has 0 saturated carbocycles. The van der Waals surface area contributed by atoms with E-state index in [4.69, 9.17) is 0 Å². The van der Waals surface area contributed by atoms with Crippen LogP contribution in [-0.4, -0.2) is 6.29 Å². The second-order valence-electron chi connectivity index (χ2n) is 3.07. The van der Waals surface area contributed by atoms with Gasteiger partial charge in [-0.05, 0) is 40.6 Å². The largest absolute Gasteiger partial charge is 0.298 e. The number of rotatable bonds is 2. The predicted octanol–water partition coefficient (Wildman–Crippen LogP) is 3.88. The maximum absolute atomic E-state index is 10.8. The van der Waals surface area contributed by atoms with Gasteiger partial charge in [0.15, 0.2) is 6.29 Å². The summed E-state index contributed by atoms with van der Waals surface area (Å²) >= 11 is 3.99. The lowest BCUT2D eigenvalue weighted by molar-refractivity contribution is 0.112. The highest BCUT2D eigenvalue weighted by molar-refractivity contribution is 14.1. The fourth-order valence-corrected chi connectivity index (χ4v) is 3.72. The molecule has 0 aliphatic heterocycles. The lowest BCUT2D eigenvalue weighted by Crippen LogP contribution is -1.86. The molecule has 0 amide bonds. The third kappa shape index (κ3) is 1.48. The molecule has 72 valence electrons. The number of halogens is 1. The number of benzene rings is 1. The molecule has 2 rings (SSSR count). The molecule has 3 heteroatoms. The molecule has 0 N–H and O–H groups in total. The van der Waals surface area contributed by atoms with E-state index in [2.05, 4.69) is 41.0 Å². The zero-order valence-electron chi connectivity index (χ0n) is 7.71. The number of aryl methyl sites for hydroxylation is 1. The summed E-state index contributed by atoms with van der Waals surface area (Å²) in [6.07, 6.45) is 1.96. The molecule has 1 nitrogen and oxygen atoms in total. The van der Waals surface area contributed by atoms with Gasteiger partial charge < -0.3 is 0 Å². The van der Waals surface area contributed by atoms with E-state index in [0.29, 0.717) is 0 Å². The molecule has 1 heterocycles. The van der Waals surface area contributed by atoms with Crippen LogP contribution in [0.2, 0.25) is 0 Å². The summed E-state index contributed by atoms with van der Waals surface area (Å²) in [5.41, 5.74) is 2.14. The van der Waals surface area contributed by atoms with Crippen molar-refractivity contribution in [1.29, 1.82) is 0 Å². The zero-order chi connectivity index (χ0) is 10.1. The highest BCUT2D eigenvalue weighted by Crippen LogP contribution is 2.32. The molecule has 0 aliphatic carbocycles. The summed E-state index contributed by atoms with van der Waals surface area (Å²) in [6, 6.07) is 3.97. The Kier molecular flexibility index (Phi) is 2.88. The second-order valence-corrected chi connectivity index (χ2v) is 5.11. The van der Waals surface area contributed by atoms with Gasteiger partial charge in [0, 0.05) is 24.6 Å². The SMILES string of the molecule is CCc1ccc(C=O)c2scc(I)c12. The first kappa shape index (κ1) is 10.1. The minimum atomic E-state index is 0.810. The third-order valence-electron chi connectivity index (χ3n) is 2.30. The Bertz CT molecular complexity index is 487. The molecule has 0 spiro atoms. The standard InChI is InChI=1S/C11H9IOS/c1-2-7-3-4-8(5-13)11-10(7)9(12)6-14-11/h3-6H,2H2,1H3. The van der Waals surface area contributed by atoms with Crippen LogP contribution in [0.25, 0.3) is 10.1 Å². The number of hydrogen-bond acceptors (Lipinski definition) is 2. The number of carbonyl (C=O) groups excluding carboxylic acids is 1. The van der Waals surface area contributed by atoms with E-state index >= 15 is 0 Å². The van der Waals surface area contributed by atoms with E-state index in [1.54, 1.807) is 11.3 Å². The first-order valence-electron chi connectivity index (χ1n) is 4.41. The lowest BCUT2D eigenvalue weighted by atomic mass is 10.1. The second kappa shape index (κ2) is 3.98. The van der Waals surface area contributed by atoms with Gasteiger partial charge in [0.2, 0.25) is 0 Å². The van der Waals surface area contributed by atoms with Gasteiger partial charge in [-0.3, -0.25) is 4.79 Å². The molecule has 0 saturated heterocycles. The van der Waals surface area contributed by atoms with Gasteiger partial charge in [0.05, 0.1) is 0 Å². The van der Waals surface area contributed by atoms with Crippen molar-refractivity contribution in [2.75, 3.05) is 0 Å². The molecule has 0 radical (unpaired) electrons. The van der Waals surface area contributed by atoms with E-state index in [1.807, 2.05) is 6.07 Å². The molecule has 0 fully saturated rings. The number of thiophene rings is 1. The van der Waals surface area contributed by atoms with E-state index < -0.39 is 0 Å². The van der Waals surface area contributed by atoms with Crippen molar-refractivity contribution >= 4 is 50.3 Å². The van der Waals surface area contributed by atoms with E-state index in [-0.39, 0.29) is 0 Å². The number of hydrogen-bond donors (Lipinski definition) is 0. The van der Waals surface area contributed by atoms with Crippen LogP contribution in [0.15, 0.2) is 17.5 Å². The van der Waals surface area contributed by atoms with Gasteiger partial charge in [0.25, 0.3) is 0 Å². The number of carbonyl (C=O) groups is 1. The van der Waals surface area contributed by atoms with Crippen LogP contribution >= 0.6 is 33.9 Å². The Labute approximate surface area is 100 Å². The highest BCUT2D eigenvalue weighted by atomic mass is 127. The molecule has 0 bridgehead atoms. The van der Waals surface area contributed by atoms with Crippen molar-refractivity contribution in [2.45, 2.75) is 13.3 Å². The van der Waals surface area contributed by atoms with Crippen molar-refractivity contribution in [3.8, 4) is 0 Å². The minimum Gasteiger partial charge on any atom is -0.298 e.